The number of halogens is 1. The number of nitrogens with zero attached hydrogens (tertiary/aromatic N) is 2. The number of rotatable bonds is 5. The summed E-state index contributed by atoms with van der Waals surface area (Å²) < 4.78 is 0. The van der Waals surface area contributed by atoms with Crippen molar-refractivity contribution in [2.24, 2.45) is 5.92 Å². The number of benzene rings is 1. The highest BCUT2D eigenvalue weighted by Crippen LogP contribution is 2.31. The van der Waals surface area contributed by atoms with Crippen LogP contribution in [0.3, 0.4) is 0 Å². The molecule has 6 heteroatoms. The van der Waals surface area contributed by atoms with Crippen LogP contribution in [-0.4, -0.2) is 36.5 Å². The van der Waals surface area contributed by atoms with Crippen LogP contribution in [0.15, 0.2) is 24.3 Å². The van der Waals surface area contributed by atoms with E-state index < -0.39 is 0 Å². The lowest BCUT2D eigenvalue weighted by atomic mass is 9.95. The molecule has 1 aliphatic heterocycles. The van der Waals surface area contributed by atoms with E-state index in [9.17, 15) is 10.1 Å². The van der Waals surface area contributed by atoms with Crippen LogP contribution in [-0.2, 0) is 0 Å². The lowest BCUT2D eigenvalue weighted by Gasteiger charge is -2.36. The van der Waals surface area contributed by atoms with Gasteiger partial charge in [0.1, 0.15) is 0 Å². The highest BCUT2D eigenvalue weighted by atomic mass is 35.5. The summed E-state index contributed by atoms with van der Waals surface area (Å²) in [6.45, 7) is 5.12. The summed E-state index contributed by atoms with van der Waals surface area (Å²) in [6, 6.07) is 7.18. The molecule has 118 valence electrons. The normalized spacial score (nSPS) is 20.6. The van der Waals surface area contributed by atoms with Crippen molar-refractivity contribution < 1.29 is 4.92 Å². The summed E-state index contributed by atoms with van der Waals surface area (Å²) in [4.78, 5) is 13.2. The lowest BCUT2D eigenvalue weighted by Crippen LogP contribution is -2.40. The third-order valence-electron chi connectivity index (χ3n) is 4.17. The summed E-state index contributed by atoms with van der Waals surface area (Å²) in [6.07, 6.45) is 2.40. The number of piperidine rings is 1. The summed E-state index contributed by atoms with van der Waals surface area (Å²) in [5.41, 5.74) is 1.05. The summed E-state index contributed by atoms with van der Waals surface area (Å²) in [5, 5.41) is 14.4. The second-order valence-electron chi connectivity index (χ2n) is 5.55. The number of hydrogen-bond acceptors (Lipinski definition) is 4. The van der Waals surface area contributed by atoms with Crippen LogP contribution >= 0.6 is 12.4 Å². The van der Waals surface area contributed by atoms with Crippen molar-refractivity contribution in [3.05, 3.63) is 39.9 Å². The van der Waals surface area contributed by atoms with Crippen LogP contribution in [0.1, 0.15) is 31.4 Å². The molecule has 1 aliphatic rings. The number of nitrogens with one attached hydrogen (secondary N) is 1. The molecule has 1 heterocycles. The number of para-hydroxylation sites is 1. The van der Waals surface area contributed by atoms with Gasteiger partial charge in [0.15, 0.2) is 0 Å². The highest BCUT2D eigenvalue weighted by Gasteiger charge is 2.27. The van der Waals surface area contributed by atoms with Gasteiger partial charge in [0.2, 0.25) is 0 Å². The van der Waals surface area contributed by atoms with E-state index in [1.54, 1.807) is 12.1 Å². The van der Waals surface area contributed by atoms with Gasteiger partial charge < -0.3 is 5.32 Å². The monoisotopic (exact) mass is 313 g/mol. The van der Waals surface area contributed by atoms with Gasteiger partial charge in [0.05, 0.1) is 4.92 Å². The van der Waals surface area contributed by atoms with E-state index in [0.717, 1.165) is 31.6 Å². The van der Waals surface area contributed by atoms with Crippen molar-refractivity contribution in [2.75, 3.05) is 26.7 Å². The van der Waals surface area contributed by atoms with E-state index in [-0.39, 0.29) is 29.1 Å². The van der Waals surface area contributed by atoms with Gasteiger partial charge in [-0.3, -0.25) is 15.0 Å². The van der Waals surface area contributed by atoms with Crippen molar-refractivity contribution in [3.8, 4) is 0 Å². The van der Waals surface area contributed by atoms with E-state index in [4.69, 9.17) is 0 Å². The van der Waals surface area contributed by atoms with E-state index in [1.165, 1.54) is 6.42 Å². The quantitative estimate of drug-likeness (QED) is 0.670. The van der Waals surface area contributed by atoms with Crippen LogP contribution in [0.4, 0.5) is 5.69 Å². The fourth-order valence-electron chi connectivity index (χ4n) is 3.11. The number of hydrogen-bond donors (Lipinski definition) is 1. The van der Waals surface area contributed by atoms with E-state index in [2.05, 4.69) is 17.1 Å². The Morgan fingerprint density at radius 1 is 1.48 bits per heavy atom. The standard InChI is InChI=1S/C15H23N3O2.ClH/c1-12(14-7-3-4-8-15(14)18(19)20)17-9-5-6-13(11-17)10-16-2;/h3-4,7-8,12-13,16H,5-6,9-11H2,1-2H3;1H. The molecule has 1 fully saturated rings. The zero-order chi connectivity index (χ0) is 14.5. The average molecular weight is 314 g/mol. The van der Waals surface area contributed by atoms with Gasteiger partial charge in [0.25, 0.3) is 5.69 Å². The second-order valence-corrected chi connectivity index (χ2v) is 5.55. The Morgan fingerprint density at radius 3 is 2.86 bits per heavy atom. The second kappa shape index (κ2) is 8.32. The van der Waals surface area contributed by atoms with Gasteiger partial charge in [-0.15, -0.1) is 12.4 Å². The maximum atomic E-state index is 11.2. The molecule has 1 saturated heterocycles. The number of nitro benzene ring substituents is 1. The first kappa shape index (κ1) is 17.9. The molecule has 0 bridgehead atoms. The molecule has 2 rings (SSSR count). The van der Waals surface area contributed by atoms with Crippen molar-refractivity contribution in [1.82, 2.24) is 10.2 Å². The molecule has 2 unspecified atom stereocenters. The molecular formula is C15H24ClN3O2. The first-order valence-corrected chi connectivity index (χ1v) is 7.25. The lowest BCUT2D eigenvalue weighted by molar-refractivity contribution is -0.386. The van der Waals surface area contributed by atoms with Crippen molar-refractivity contribution in [3.63, 3.8) is 0 Å². The third-order valence-corrected chi connectivity index (χ3v) is 4.17. The topological polar surface area (TPSA) is 58.4 Å². The summed E-state index contributed by atoms with van der Waals surface area (Å²) in [7, 11) is 1.98. The Labute approximate surface area is 132 Å². The predicted octanol–water partition coefficient (Wildman–Crippen LogP) is 3.01. The number of likely N-dealkylation sites (tertiary alicyclic amines) is 1. The molecule has 21 heavy (non-hydrogen) atoms. The maximum absolute atomic E-state index is 11.2. The number of nitro groups is 1. The first-order chi connectivity index (χ1) is 9.63. The van der Waals surface area contributed by atoms with Crippen molar-refractivity contribution in [1.29, 1.82) is 0 Å². The van der Waals surface area contributed by atoms with Gasteiger partial charge in [-0.05, 0) is 45.8 Å². The largest absolute Gasteiger partial charge is 0.319 e. The third kappa shape index (κ3) is 4.40. The molecule has 2 atom stereocenters. The molecule has 0 spiro atoms. The zero-order valence-corrected chi connectivity index (χ0v) is 13.4. The summed E-state index contributed by atoms with van der Waals surface area (Å²) >= 11 is 0. The molecule has 0 aromatic heterocycles. The van der Waals surface area contributed by atoms with Crippen LogP contribution < -0.4 is 5.32 Å². The maximum Gasteiger partial charge on any atom is 0.274 e. The Kier molecular flexibility index (Phi) is 7.08. The van der Waals surface area contributed by atoms with E-state index in [1.807, 2.05) is 19.2 Å². The van der Waals surface area contributed by atoms with Crippen LogP contribution in [0.2, 0.25) is 0 Å². The SMILES string of the molecule is CNCC1CCCN(C(C)c2ccccc2[N+](=O)[O-])C1.Cl. The van der Waals surface area contributed by atoms with Gasteiger partial charge in [0, 0.05) is 24.2 Å². The molecule has 0 radical (unpaired) electrons. The van der Waals surface area contributed by atoms with Crippen molar-refractivity contribution in [2.45, 2.75) is 25.8 Å². The van der Waals surface area contributed by atoms with Crippen LogP contribution in [0.5, 0.6) is 0 Å². The molecular weight excluding hydrogens is 290 g/mol. The summed E-state index contributed by atoms with van der Waals surface area (Å²) in [5.74, 6) is 0.638. The molecule has 0 saturated carbocycles. The minimum Gasteiger partial charge on any atom is -0.319 e. The van der Waals surface area contributed by atoms with E-state index in [0.29, 0.717) is 5.92 Å². The average Bonchev–Trinajstić information content (AvgIpc) is 2.47. The minimum absolute atomic E-state index is 0. The molecule has 1 N–H and O–H groups in total. The fourth-order valence-corrected chi connectivity index (χ4v) is 3.11. The van der Waals surface area contributed by atoms with E-state index >= 15 is 0 Å². The Hall–Kier alpha value is -1.17. The molecule has 0 amide bonds. The van der Waals surface area contributed by atoms with Crippen LogP contribution in [0, 0.1) is 16.0 Å². The highest BCUT2D eigenvalue weighted by molar-refractivity contribution is 5.85. The fraction of sp³-hybridized carbons (Fsp3) is 0.600. The van der Waals surface area contributed by atoms with Gasteiger partial charge in [-0.25, -0.2) is 0 Å². The zero-order valence-electron chi connectivity index (χ0n) is 12.6. The first-order valence-electron chi connectivity index (χ1n) is 7.25. The molecule has 5 nitrogen and oxygen atoms in total. The van der Waals surface area contributed by atoms with Gasteiger partial charge in [-0.2, -0.15) is 0 Å². The van der Waals surface area contributed by atoms with Crippen molar-refractivity contribution >= 4 is 18.1 Å². The molecule has 0 aliphatic carbocycles. The Morgan fingerprint density at radius 2 is 2.19 bits per heavy atom. The predicted molar refractivity (Wildman–Crippen MR) is 87.0 cm³/mol. The van der Waals surface area contributed by atoms with Gasteiger partial charge in [-0.1, -0.05) is 18.2 Å². The minimum atomic E-state index is -0.277. The Balaban J connectivity index is 0.00000220. The van der Waals surface area contributed by atoms with Gasteiger partial charge >= 0.3 is 0 Å². The molecule has 1 aromatic carbocycles. The smallest absolute Gasteiger partial charge is 0.274 e. The molecule has 1 aromatic rings. The van der Waals surface area contributed by atoms with Crippen LogP contribution in [0.25, 0.3) is 0 Å². The Bertz CT molecular complexity index is 468.